The average molecular weight is 510 g/mol. The third-order valence-corrected chi connectivity index (χ3v) is 6.14. The van der Waals surface area contributed by atoms with Gasteiger partial charge in [-0.3, -0.25) is 14.3 Å². The Morgan fingerprint density at radius 1 is 1.11 bits per heavy atom. The largest absolute Gasteiger partial charge is 0.508 e. The number of aromatic hydroxyl groups is 1. The van der Waals surface area contributed by atoms with Gasteiger partial charge in [-0.05, 0) is 49.4 Å². The molecule has 2 heterocycles. The number of benzene rings is 2. The van der Waals surface area contributed by atoms with E-state index in [-0.39, 0.29) is 43.5 Å². The zero-order valence-corrected chi connectivity index (χ0v) is 20.8. The molecule has 10 heteroatoms. The first-order valence-electron chi connectivity index (χ1n) is 12.0. The third-order valence-electron chi connectivity index (χ3n) is 6.14. The van der Waals surface area contributed by atoms with Crippen LogP contribution >= 0.6 is 0 Å². The van der Waals surface area contributed by atoms with E-state index in [1.165, 1.54) is 12.1 Å². The molecule has 2 atom stereocenters. The van der Waals surface area contributed by atoms with E-state index in [0.717, 1.165) is 11.4 Å². The summed E-state index contributed by atoms with van der Waals surface area (Å²) in [7, 11) is 1.82. The monoisotopic (exact) mass is 509 g/mol. The first-order valence-corrected chi connectivity index (χ1v) is 12.0. The van der Waals surface area contributed by atoms with Gasteiger partial charge in [-0.2, -0.15) is 0 Å². The highest BCUT2D eigenvalue weighted by molar-refractivity contribution is 6.02. The first-order chi connectivity index (χ1) is 17.9. The van der Waals surface area contributed by atoms with E-state index >= 15 is 0 Å². The quantitative estimate of drug-likeness (QED) is 0.283. The van der Waals surface area contributed by atoms with Gasteiger partial charge in [0.15, 0.2) is 5.76 Å². The van der Waals surface area contributed by atoms with E-state index < -0.39 is 18.1 Å². The van der Waals surface area contributed by atoms with Crippen LogP contribution in [0.5, 0.6) is 5.75 Å². The molecule has 1 aliphatic heterocycles. The molecule has 1 aliphatic rings. The Hall–Kier alpha value is -3.86. The Morgan fingerprint density at radius 2 is 1.84 bits per heavy atom. The van der Waals surface area contributed by atoms with E-state index in [9.17, 15) is 14.7 Å². The van der Waals surface area contributed by atoms with Crippen molar-refractivity contribution in [1.29, 1.82) is 0 Å². The van der Waals surface area contributed by atoms with Crippen molar-refractivity contribution in [2.75, 3.05) is 31.7 Å². The van der Waals surface area contributed by atoms with Crippen molar-refractivity contribution in [3.05, 3.63) is 88.0 Å². The number of ether oxygens (including phenoxy) is 3. The normalized spacial score (nSPS) is 17.2. The third kappa shape index (κ3) is 6.11. The van der Waals surface area contributed by atoms with Gasteiger partial charge in [-0.15, -0.1) is 0 Å². The van der Waals surface area contributed by atoms with E-state index in [1.54, 1.807) is 27.6 Å². The zero-order valence-electron chi connectivity index (χ0n) is 20.8. The SMILES string of the molecule is Cc1c([C@@H]2C=C(C(=O)Nc3ccc(O)cc3)O[C@H](OCCOCCO)C2)c(=O)n(-c2ccccc2)n1C. The Morgan fingerprint density at radius 3 is 2.54 bits per heavy atom. The number of rotatable bonds is 10. The number of nitrogens with one attached hydrogen (secondary N) is 1. The molecule has 0 fully saturated rings. The summed E-state index contributed by atoms with van der Waals surface area (Å²) in [5.74, 6) is -0.837. The van der Waals surface area contributed by atoms with Crippen molar-refractivity contribution < 1.29 is 29.2 Å². The zero-order chi connectivity index (χ0) is 26.4. The van der Waals surface area contributed by atoms with Crippen LogP contribution in [0.2, 0.25) is 0 Å². The van der Waals surface area contributed by atoms with Crippen LogP contribution in [0.3, 0.4) is 0 Å². The van der Waals surface area contributed by atoms with E-state index in [4.69, 9.17) is 19.3 Å². The van der Waals surface area contributed by atoms with E-state index in [0.29, 0.717) is 17.7 Å². The average Bonchev–Trinajstić information content (AvgIpc) is 3.13. The predicted octanol–water partition coefficient (Wildman–Crippen LogP) is 2.57. The van der Waals surface area contributed by atoms with Gasteiger partial charge in [0.2, 0.25) is 6.29 Å². The Balaban J connectivity index is 1.64. The molecule has 0 saturated heterocycles. The minimum absolute atomic E-state index is 0.0273. The first kappa shape index (κ1) is 26.2. The molecule has 0 aliphatic carbocycles. The van der Waals surface area contributed by atoms with Crippen LogP contribution in [0.1, 0.15) is 23.6 Å². The summed E-state index contributed by atoms with van der Waals surface area (Å²) in [5.41, 5.74) is 2.35. The minimum atomic E-state index is -0.794. The molecule has 1 amide bonds. The van der Waals surface area contributed by atoms with Gasteiger partial charge in [0.05, 0.1) is 32.1 Å². The maximum Gasteiger partial charge on any atom is 0.290 e. The highest BCUT2D eigenvalue weighted by Crippen LogP contribution is 2.32. The van der Waals surface area contributed by atoms with Gasteiger partial charge >= 0.3 is 0 Å². The number of hydrogen-bond acceptors (Lipinski definition) is 7. The molecule has 196 valence electrons. The summed E-state index contributed by atoms with van der Waals surface area (Å²) in [6.07, 6.45) is 1.18. The summed E-state index contributed by atoms with van der Waals surface area (Å²) in [4.78, 5) is 26.7. The van der Waals surface area contributed by atoms with Crippen molar-refractivity contribution in [3.8, 4) is 11.4 Å². The number of amides is 1. The lowest BCUT2D eigenvalue weighted by atomic mass is 9.93. The van der Waals surface area contributed by atoms with Crippen molar-refractivity contribution >= 4 is 11.6 Å². The summed E-state index contributed by atoms with van der Waals surface area (Å²) >= 11 is 0. The van der Waals surface area contributed by atoms with Crippen LogP contribution in [0.15, 0.2) is 71.2 Å². The summed E-state index contributed by atoms with van der Waals surface area (Å²) in [5, 5.41) is 21.1. The molecule has 0 saturated carbocycles. The van der Waals surface area contributed by atoms with Crippen LogP contribution in [-0.2, 0) is 26.1 Å². The number of hydrogen-bond donors (Lipinski definition) is 3. The molecule has 1 aromatic heterocycles. The van der Waals surface area contributed by atoms with Crippen molar-refractivity contribution in [2.24, 2.45) is 7.05 Å². The molecule has 0 unspecified atom stereocenters. The van der Waals surface area contributed by atoms with Crippen molar-refractivity contribution in [3.63, 3.8) is 0 Å². The molecule has 2 aromatic carbocycles. The number of carbonyl (C=O) groups excluding carboxylic acids is 1. The lowest BCUT2D eigenvalue weighted by molar-refractivity contribution is -0.148. The van der Waals surface area contributed by atoms with Crippen LogP contribution in [0.25, 0.3) is 5.69 Å². The topological polar surface area (TPSA) is 124 Å². The second-order valence-electron chi connectivity index (χ2n) is 8.60. The maximum absolute atomic E-state index is 13.6. The molecule has 0 radical (unpaired) electrons. The van der Waals surface area contributed by atoms with Crippen LogP contribution in [0, 0.1) is 6.92 Å². The fraction of sp³-hybridized carbons (Fsp3) is 0.333. The molecular formula is C27H31N3O7. The number of nitrogens with zero attached hydrogens (tertiary/aromatic N) is 2. The second kappa shape index (κ2) is 11.9. The summed E-state index contributed by atoms with van der Waals surface area (Å²) < 4.78 is 20.3. The number of para-hydroxylation sites is 1. The van der Waals surface area contributed by atoms with Crippen LogP contribution in [0.4, 0.5) is 5.69 Å². The fourth-order valence-electron chi connectivity index (χ4n) is 4.28. The van der Waals surface area contributed by atoms with Gasteiger partial charge < -0.3 is 29.7 Å². The van der Waals surface area contributed by atoms with Crippen molar-refractivity contribution in [2.45, 2.75) is 25.6 Å². The summed E-state index contributed by atoms with van der Waals surface area (Å²) in [6, 6.07) is 15.4. The molecule has 37 heavy (non-hydrogen) atoms. The number of phenolic OH excluding ortho intramolecular Hbond substituents is 1. The maximum atomic E-state index is 13.6. The number of aromatic nitrogens is 2. The summed E-state index contributed by atoms with van der Waals surface area (Å²) in [6.45, 7) is 2.41. The smallest absolute Gasteiger partial charge is 0.290 e. The van der Waals surface area contributed by atoms with Gasteiger partial charge in [-0.1, -0.05) is 18.2 Å². The Bertz CT molecular complexity index is 1300. The highest BCUT2D eigenvalue weighted by Gasteiger charge is 2.33. The van der Waals surface area contributed by atoms with E-state index in [2.05, 4.69) is 5.32 Å². The Kier molecular flexibility index (Phi) is 8.44. The molecule has 10 nitrogen and oxygen atoms in total. The second-order valence-corrected chi connectivity index (χ2v) is 8.60. The van der Waals surface area contributed by atoms with Gasteiger partial charge in [-0.25, -0.2) is 4.68 Å². The highest BCUT2D eigenvalue weighted by atomic mass is 16.7. The number of anilines is 1. The number of carbonyl (C=O) groups is 1. The van der Waals surface area contributed by atoms with E-state index in [1.807, 2.05) is 44.3 Å². The molecule has 0 bridgehead atoms. The molecule has 0 spiro atoms. The number of aliphatic hydroxyl groups is 1. The van der Waals surface area contributed by atoms with Crippen LogP contribution < -0.4 is 10.9 Å². The van der Waals surface area contributed by atoms with Gasteiger partial charge in [0.25, 0.3) is 11.5 Å². The standard InChI is InChI=1S/C27H31N3O7/c1-18-25(27(34)30(29(18)2)21-6-4-3-5-7-21)19-16-23(26(33)28-20-8-10-22(32)11-9-20)37-24(17-19)36-15-14-35-13-12-31/h3-11,16,19,24,31-32H,12-15,17H2,1-2H3,(H,28,33)/t19-,24+/m1/s1. The molecule has 3 aromatic rings. The van der Waals surface area contributed by atoms with Gasteiger partial charge in [0.1, 0.15) is 5.75 Å². The number of phenols is 1. The predicted molar refractivity (Wildman–Crippen MR) is 137 cm³/mol. The molecule has 4 rings (SSSR count). The van der Waals surface area contributed by atoms with Crippen molar-refractivity contribution in [1.82, 2.24) is 9.36 Å². The number of aliphatic hydroxyl groups excluding tert-OH is 1. The fourth-order valence-corrected chi connectivity index (χ4v) is 4.28. The lowest BCUT2D eigenvalue weighted by Crippen LogP contribution is -2.32. The lowest BCUT2D eigenvalue weighted by Gasteiger charge is -2.29. The number of allylic oxidation sites excluding steroid dienone is 1. The Labute approximate surface area is 214 Å². The molecular weight excluding hydrogens is 478 g/mol. The minimum Gasteiger partial charge on any atom is -0.508 e. The molecule has 3 N–H and O–H groups in total. The van der Waals surface area contributed by atoms with Gasteiger partial charge in [0, 0.05) is 36.3 Å². The van der Waals surface area contributed by atoms with Crippen LogP contribution in [-0.4, -0.2) is 58.2 Å².